The van der Waals surface area contributed by atoms with E-state index in [0.717, 1.165) is 26.6 Å². The average molecular weight is 240 g/mol. The van der Waals surface area contributed by atoms with Gasteiger partial charge in [-0.25, -0.2) is 0 Å². The topological polar surface area (TPSA) is 36.0 Å². The second-order valence-electron chi connectivity index (χ2n) is 3.19. The van der Waals surface area contributed by atoms with Crippen LogP contribution in [-0.4, -0.2) is 10.1 Å². The van der Waals surface area contributed by atoms with Crippen molar-refractivity contribution in [2.45, 2.75) is 13.8 Å². The van der Waals surface area contributed by atoms with Crippen molar-refractivity contribution in [3.63, 3.8) is 0 Å². The molecular weight excluding hydrogens is 230 g/mol. The van der Waals surface area contributed by atoms with Gasteiger partial charge in [-0.15, -0.1) is 0 Å². The van der Waals surface area contributed by atoms with E-state index in [9.17, 15) is 5.11 Å². The van der Waals surface area contributed by atoms with Crippen molar-refractivity contribution in [1.29, 1.82) is 0 Å². The van der Waals surface area contributed by atoms with Crippen LogP contribution in [0.2, 0.25) is 0 Å². The maximum atomic E-state index is 9.65. The highest BCUT2D eigenvalue weighted by Gasteiger charge is 2.10. The van der Waals surface area contributed by atoms with Gasteiger partial charge in [0.25, 0.3) is 0 Å². The van der Waals surface area contributed by atoms with Gasteiger partial charge in [0.15, 0.2) is 0 Å². The second-order valence-corrected chi connectivity index (χ2v) is 4.05. The highest BCUT2D eigenvalue weighted by molar-refractivity contribution is 9.10. The van der Waals surface area contributed by atoms with Gasteiger partial charge >= 0.3 is 0 Å². The molecule has 0 atom stereocenters. The van der Waals surface area contributed by atoms with Gasteiger partial charge in [0.05, 0.1) is 5.52 Å². The number of phenols is 1. The molecule has 2 rings (SSSR count). The Labute approximate surface area is 84.7 Å². The fourth-order valence-corrected chi connectivity index (χ4v) is 1.97. The van der Waals surface area contributed by atoms with E-state index in [-0.39, 0.29) is 0 Å². The highest BCUT2D eigenvalue weighted by atomic mass is 79.9. The predicted molar refractivity (Wildman–Crippen MR) is 57.1 cm³/mol. The van der Waals surface area contributed by atoms with E-state index in [1.54, 1.807) is 6.07 Å². The molecule has 1 heterocycles. The summed E-state index contributed by atoms with van der Waals surface area (Å²) in [5.41, 5.74) is 3.17. The van der Waals surface area contributed by atoms with E-state index in [1.165, 1.54) is 0 Å². The number of H-pyrrole nitrogens is 1. The standard InChI is InChI=1S/C10H10BrNO/c1-5-6(2)12-10-7(11)3-4-8(13)9(5)10/h3-4,12-13H,1-2H3. The predicted octanol–water partition coefficient (Wildman–Crippen LogP) is 3.25. The maximum Gasteiger partial charge on any atom is 0.125 e. The summed E-state index contributed by atoms with van der Waals surface area (Å²) in [7, 11) is 0. The lowest BCUT2D eigenvalue weighted by atomic mass is 10.1. The molecule has 2 N–H and O–H groups in total. The number of aromatic amines is 1. The van der Waals surface area contributed by atoms with E-state index < -0.39 is 0 Å². The van der Waals surface area contributed by atoms with Crippen LogP contribution < -0.4 is 0 Å². The number of phenolic OH excluding ortho intramolecular Hbond substituents is 1. The van der Waals surface area contributed by atoms with Gasteiger partial charge < -0.3 is 10.1 Å². The molecule has 0 aliphatic rings. The molecule has 0 aliphatic carbocycles. The number of benzene rings is 1. The Hall–Kier alpha value is -0.960. The van der Waals surface area contributed by atoms with Crippen LogP contribution in [0.5, 0.6) is 5.75 Å². The molecule has 0 aliphatic heterocycles. The Bertz CT molecular complexity index is 473. The van der Waals surface area contributed by atoms with Crippen LogP contribution in [0.4, 0.5) is 0 Å². The summed E-state index contributed by atoms with van der Waals surface area (Å²) in [6.45, 7) is 4.00. The normalized spacial score (nSPS) is 11.0. The van der Waals surface area contributed by atoms with Crippen LogP contribution >= 0.6 is 15.9 Å². The number of aryl methyl sites for hydroxylation is 2. The van der Waals surface area contributed by atoms with Gasteiger partial charge in [-0.2, -0.15) is 0 Å². The number of aromatic hydroxyl groups is 1. The molecule has 0 bridgehead atoms. The summed E-state index contributed by atoms with van der Waals surface area (Å²) in [5.74, 6) is 0.333. The summed E-state index contributed by atoms with van der Waals surface area (Å²) in [4.78, 5) is 3.23. The lowest BCUT2D eigenvalue weighted by molar-refractivity contribution is 0.481. The minimum atomic E-state index is 0.333. The molecule has 0 radical (unpaired) electrons. The zero-order valence-electron chi connectivity index (χ0n) is 7.48. The quantitative estimate of drug-likeness (QED) is 0.728. The molecule has 1 aromatic carbocycles. The second kappa shape index (κ2) is 2.77. The third-order valence-electron chi connectivity index (χ3n) is 2.38. The van der Waals surface area contributed by atoms with Crippen molar-refractivity contribution < 1.29 is 5.11 Å². The molecule has 0 saturated carbocycles. The Morgan fingerprint density at radius 2 is 2.00 bits per heavy atom. The molecule has 0 spiro atoms. The molecule has 68 valence electrons. The molecule has 0 saturated heterocycles. The van der Waals surface area contributed by atoms with Gasteiger partial charge in [-0.3, -0.25) is 0 Å². The first-order valence-electron chi connectivity index (χ1n) is 4.07. The Morgan fingerprint density at radius 1 is 1.31 bits per heavy atom. The Kier molecular flexibility index (Phi) is 1.84. The van der Waals surface area contributed by atoms with Crippen LogP contribution in [0.15, 0.2) is 16.6 Å². The Morgan fingerprint density at radius 3 is 2.62 bits per heavy atom. The van der Waals surface area contributed by atoms with Crippen molar-refractivity contribution in [3.05, 3.63) is 27.9 Å². The molecule has 0 amide bonds. The lowest BCUT2D eigenvalue weighted by Gasteiger charge is -1.97. The van der Waals surface area contributed by atoms with Gasteiger partial charge in [0, 0.05) is 15.6 Å². The number of nitrogens with one attached hydrogen (secondary N) is 1. The van der Waals surface area contributed by atoms with Crippen molar-refractivity contribution in [1.82, 2.24) is 4.98 Å². The van der Waals surface area contributed by atoms with Gasteiger partial charge in [0.2, 0.25) is 0 Å². The lowest BCUT2D eigenvalue weighted by Crippen LogP contribution is -1.73. The number of halogens is 1. The molecule has 13 heavy (non-hydrogen) atoms. The fourth-order valence-electron chi connectivity index (χ4n) is 1.54. The fraction of sp³-hybridized carbons (Fsp3) is 0.200. The number of aromatic nitrogens is 1. The first-order valence-corrected chi connectivity index (χ1v) is 4.87. The summed E-state index contributed by atoms with van der Waals surface area (Å²) in [5, 5.41) is 10.6. The van der Waals surface area contributed by atoms with E-state index in [4.69, 9.17) is 0 Å². The maximum absolute atomic E-state index is 9.65. The number of hydrogen-bond donors (Lipinski definition) is 2. The highest BCUT2D eigenvalue weighted by Crippen LogP contribution is 2.34. The van der Waals surface area contributed by atoms with E-state index in [2.05, 4.69) is 20.9 Å². The summed E-state index contributed by atoms with van der Waals surface area (Å²) in [6, 6.07) is 3.54. The monoisotopic (exact) mass is 239 g/mol. The summed E-state index contributed by atoms with van der Waals surface area (Å²) >= 11 is 3.44. The van der Waals surface area contributed by atoms with Crippen LogP contribution in [0.25, 0.3) is 10.9 Å². The third-order valence-corrected chi connectivity index (χ3v) is 3.04. The molecular formula is C10H10BrNO. The smallest absolute Gasteiger partial charge is 0.125 e. The van der Waals surface area contributed by atoms with Crippen LogP contribution in [0.1, 0.15) is 11.3 Å². The molecule has 2 nitrogen and oxygen atoms in total. The van der Waals surface area contributed by atoms with Gasteiger partial charge in [-0.05, 0) is 47.5 Å². The van der Waals surface area contributed by atoms with E-state index in [0.29, 0.717) is 5.75 Å². The van der Waals surface area contributed by atoms with Crippen LogP contribution in [-0.2, 0) is 0 Å². The van der Waals surface area contributed by atoms with Gasteiger partial charge in [0.1, 0.15) is 5.75 Å². The largest absolute Gasteiger partial charge is 0.507 e. The Balaban J connectivity index is 3.00. The zero-order valence-corrected chi connectivity index (χ0v) is 9.07. The van der Waals surface area contributed by atoms with Crippen LogP contribution in [0.3, 0.4) is 0 Å². The molecule has 1 aromatic heterocycles. The first kappa shape index (κ1) is 8.63. The van der Waals surface area contributed by atoms with Crippen molar-refractivity contribution >= 4 is 26.8 Å². The minimum Gasteiger partial charge on any atom is -0.507 e. The molecule has 0 unspecified atom stereocenters. The van der Waals surface area contributed by atoms with Crippen molar-refractivity contribution in [3.8, 4) is 5.75 Å². The number of rotatable bonds is 0. The number of fused-ring (bicyclic) bond motifs is 1. The minimum absolute atomic E-state index is 0.333. The summed E-state index contributed by atoms with van der Waals surface area (Å²) < 4.78 is 0.983. The van der Waals surface area contributed by atoms with Gasteiger partial charge in [-0.1, -0.05) is 0 Å². The van der Waals surface area contributed by atoms with E-state index >= 15 is 0 Å². The van der Waals surface area contributed by atoms with Crippen LogP contribution in [0, 0.1) is 13.8 Å². The number of hydrogen-bond acceptors (Lipinski definition) is 1. The summed E-state index contributed by atoms with van der Waals surface area (Å²) in [6.07, 6.45) is 0. The average Bonchev–Trinajstić information content (AvgIpc) is 2.38. The van der Waals surface area contributed by atoms with Crippen molar-refractivity contribution in [2.75, 3.05) is 0 Å². The third kappa shape index (κ3) is 1.15. The molecule has 3 heteroatoms. The SMILES string of the molecule is Cc1[nH]c2c(Br)ccc(O)c2c1C. The molecule has 2 aromatic rings. The zero-order chi connectivity index (χ0) is 9.59. The van der Waals surface area contributed by atoms with E-state index in [1.807, 2.05) is 19.9 Å². The molecule has 0 fully saturated rings. The van der Waals surface area contributed by atoms with Crippen molar-refractivity contribution in [2.24, 2.45) is 0 Å². The first-order chi connectivity index (χ1) is 6.11.